The molecule has 2 heteroatoms. The van der Waals surface area contributed by atoms with Crippen LogP contribution >= 0.6 is 0 Å². The van der Waals surface area contributed by atoms with Gasteiger partial charge in [-0.15, -0.1) is 0 Å². The maximum absolute atomic E-state index is 5.60. The monoisotopic (exact) mass is 179 g/mol. The van der Waals surface area contributed by atoms with Gasteiger partial charge in [-0.25, -0.2) is 0 Å². The molecule has 0 aliphatic rings. The average Bonchev–Trinajstić information content (AvgIpc) is 2.15. The molecule has 0 saturated carbocycles. The Balaban J connectivity index is 2.32. The lowest BCUT2D eigenvalue weighted by Gasteiger charge is -2.07. The SMILES string of the molecule is CNCCCOc1ccccc1C. The quantitative estimate of drug-likeness (QED) is 0.698. The Hall–Kier alpha value is -1.02. The summed E-state index contributed by atoms with van der Waals surface area (Å²) in [6.45, 7) is 3.85. The summed E-state index contributed by atoms with van der Waals surface area (Å²) >= 11 is 0. The van der Waals surface area contributed by atoms with Gasteiger partial charge >= 0.3 is 0 Å². The molecule has 0 unspecified atom stereocenters. The second-order valence-electron chi connectivity index (χ2n) is 3.07. The van der Waals surface area contributed by atoms with Gasteiger partial charge in [0.15, 0.2) is 0 Å². The molecule has 1 rings (SSSR count). The van der Waals surface area contributed by atoms with Gasteiger partial charge in [0.1, 0.15) is 5.75 Å². The van der Waals surface area contributed by atoms with E-state index in [1.807, 2.05) is 25.2 Å². The Bertz CT molecular complexity index is 248. The van der Waals surface area contributed by atoms with Crippen molar-refractivity contribution in [3.05, 3.63) is 29.8 Å². The number of benzene rings is 1. The first-order valence-corrected chi connectivity index (χ1v) is 4.67. The fourth-order valence-corrected chi connectivity index (χ4v) is 1.15. The van der Waals surface area contributed by atoms with Gasteiger partial charge in [0, 0.05) is 0 Å². The summed E-state index contributed by atoms with van der Waals surface area (Å²) in [4.78, 5) is 0. The molecule has 1 N–H and O–H groups in total. The molecule has 0 aliphatic heterocycles. The van der Waals surface area contributed by atoms with Gasteiger partial charge < -0.3 is 10.1 Å². The van der Waals surface area contributed by atoms with E-state index in [-0.39, 0.29) is 0 Å². The smallest absolute Gasteiger partial charge is 0.122 e. The molecule has 13 heavy (non-hydrogen) atoms. The normalized spacial score (nSPS) is 10.0. The van der Waals surface area contributed by atoms with E-state index in [0.29, 0.717) is 0 Å². The zero-order valence-electron chi connectivity index (χ0n) is 8.34. The van der Waals surface area contributed by atoms with Crippen LogP contribution in [0.25, 0.3) is 0 Å². The van der Waals surface area contributed by atoms with E-state index < -0.39 is 0 Å². The number of ether oxygens (including phenoxy) is 1. The lowest BCUT2D eigenvalue weighted by Crippen LogP contribution is -2.11. The fraction of sp³-hybridized carbons (Fsp3) is 0.455. The predicted octanol–water partition coefficient (Wildman–Crippen LogP) is 1.98. The second kappa shape index (κ2) is 5.60. The maximum atomic E-state index is 5.60. The van der Waals surface area contributed by atoms with Gasteiger partial charge in [-0.3, -0.25) is 0 Å². The Morgan fingerprint density at radius 3 is 2.77 bits per heavy atom. The standard InChI is InChI=1S/C11H17NO/c1-10-6-3-4-7-11(10)13-9-5-8-12-2/h3-4,6-7,12H,5,8-9H2,1-2H3. The highest BCUT2D eigenvalue weighted by Gasteiger charge is 1.95. The van der Waals surface area contributed by atoms with Crippen LogP contribution in [0.5, 0.6) is 5.75 Å². The third-order valence-corrected chi connectivity index (χ3v) is 1.92. The number of nitrogens with one attached hydrogen (secondary N) is 1. The van der Waals surface area contributed by atoms with Crippen molar-refractivity contribution in [1.82, 2.24) is 5.32 Å². The first-order chi connectivity index (χ1) is 6.34. The summed E-state index contributed by atoms with van der Waals surface area (Å²) in [5, 5.41) is 3.09. The van der Waals surface area contributed by atoms with Crippen LogP contribution in [0.2, 0.25) is 0 Å². The van der Waals surface area contributed by atoms with Crippen LogP contribution in [0.4, 0.5) is 0 Å². The summed E-state index contributed by atoms with van der Waals surface area (Å²) in [7, 11) is 1.95. The largest absolute Gasteiger partial charge is 0.493 e. The van der Waals surface area contributed by atoms with E-state index in [4.69, 9.17) is 4.74 Å². The summed E-state index contributed by atoms with van der Waals surface area (Å²) in [6.07, 6.45) is 1.05. The minimum Gasteiger partial charge on any atom is -0.493 e. The third kappa shape index (κ3) is 3.47. The first kappa shape index (κ1) is 10.1. The van der Waals surface area contributed by atoms with Crippen molar-refractivity contribution in [2.45, 2.75) is 13.3 Å². The molecule has 0 saturated heterocycles. The van der Waals surface area contributed by atoms with E-state index in [0.717, 1.165) is 25.3 Å². The van der Waals surface area contributed by atoms with Crippen molar-refractivity contribution in [3.63, 3.8) is 0 Å². The molecule has 0 amide bonds. The number of aryl methyl sites for hydroxylation is 1. The molecule has 0 aliphatic carbocycles. The van der Waals surface area contributed by atoms with Crippen molar-refractivity contribution in [1.29, 1.82) is 0 Å². The van der Waals surface area contributed by atoms with Crippen LogP contribution in [0.3, 0.4) is 0 Å². The summed E-state index contributed by atoms with van der Waals surface area (Å²) < 4.78 is 5.60. The zero-order valence-corrected chi connectivity index (χ0v) is 8.34. The van der Waals surface area contributed by atoms with Crippen LogP contribution in [-0.2, 0) is 0 Å². The van der Waals surface area contributed by atoms with Crippen LogP contribution in [0, 0.1) is 6.92 Å². The highest BCUT2D eigenvalue weighted by atomic mass is 16.5. The number of para-hydroxylation sites is 1. The highest BCUT2D eigenvalue weighted by molar-refractivity contribution is 5.31. The van der Waals surface area contributed by atoms with Crippen molar-refractivity contribution in [2.75, 3.05) is 20.2 Å². The zero-order chi connectivity index (χ0) is 9.52. The van der Waals surface area contributed by atoms with E-state index in [9.17, 15) is 0 Å². The molecule has 1 aromatic carbocycles. The Labute approximate surface area is 79.9 Å². The van der Waals surface area contributed by atoms with Crippen LogP contribution in [-0.4, -0.2) is 20.2 Å². The molecule has 0 bridgehead atoms. The minimum absolute atomic E-state index is 0.783. The van der Waals surface area contributed by atoms with Crippen molar-refractivity contribution in [2.24, 2.45) is 0 Å². The molecular formula is C11H17NO. The summed E-state index contributed by atoms with van der Waals surface area (Å²) in [6, 6.07) is 8.10. The Morgan fingerprint density at radius 2 is 2.08 bits per heavy atom. The molecule has 2 nitrogen and oxygen atoms in total. The molecule has 0 spiro atoms. The maximum Gasteiger partial charge on any atom is 0.122 e. The van der Waals surface area contributed by atoms with Crippen LogP contribution in [0.15, 0.2) is 24.3 Å². The van der Waals surface area contributed by atoms with Crippen molar-refractivity contribution < 1.29 is 4.74 Å². The number of hydrogen-bond donors (Lipinski definition) is 1. The lowest BCUT2D eigenvalue weighted by molar-refractivity contribution is 0.308. The third-order valence-electron chi connectivity index (χ3n) is 1.92. The Kier molecular flexibility index (Phi) is 4.33. The molecule has 1 aromatic rings. The molecule has 0 heterocycles. The fourth-order valence-electron chi connectivity index (χ4n) is 1.15. The minimum atomic E-state index is 0.783. The first-order valence-electron chi connectivity index (χ1n) is 4.67. The number of hydrogen-bond acceptors (Lipinski definition) is 2. The van der Waals surface area contributed by atoms with Crippen LogP contribution < -0.4 is 10.1 Å². The average molecular weight is 179 g/mol. The number of rotatable bonds is 5. The molecular weight excluding hydrogens is 162 g/mol. The molecule has 0 aromatic heterocycles. The predicted molar refractivity (Wildman–Crippen MR) is 55.2 cm³/mol. The molecule has 0 fully saturated rings. The van der Waals surface area contributed by atoms with E-state index in [1.165, 1.54) is 5.56 Å². The van der Waals surface area contributed by atoms with Gasteiger partial charge in [0.2, 0.25) is 0 Å². The van der Waals surface area contributed by atoms with E-state index in [2.05, 4.69) is 18.3 Å². The highest BCUT2D eigenvalue weighted by Crippen LogP contribution is 2.15. The topological polar surface area (TPSA) is 21.3 Å². The van der Waals surface area contributed by atoms with E-state index in [1.54, 1.807) is 0 Å². The lowest BCUT2D eigenvalue weighted by atomic mass is 10.2. The van der Waals surface area contributed by atoms with Gasteiger partial charge in [0.25, 0.3) is 0 Å². The second-order valence-corrected chi connectivity index (χ2v) is 3.07. The summed E-state index contributed by atoms with van der Waals surface area (Å²) in [5.74, 6) is 0.999. The molecule has 72 valence electrons. The van der Waals surface area contributed by atoms with Gasteiger partial charge in [-0.2, -0.15) is 0 Å². The Morgan fingerprint density at radius 1 is 1.31 bits per heavy atom. The van der Waals surface area contributed by atoms with Gasteiger partial charge in [-0.05, 0) is 38.6 Å². The molecule has 0 radical (unpaired) electrons. The van der Waals surface area contributed by atoms with E-state index >= 15 is 0 Å². The van der Waals surface area contributed by atoms with Gasteiger partial charge in [-0.1, -0.05) is 18.2 Å². The molecule has 0 atom stereocenters. The van der Waals surface area contributed by atoms with Gasteiger partial charge in [0.05, 0.1) is 6.61 Å². The summed E-state index contributed by atoms with van der Waals surface area (Å²) in [5.41, 5.74) is 1.20. The van der Waals surface area contributed by atoms with Crippen molar-refractivity contribution >= 4 is 0 Å². The van der Waals surface area contributed by atoms with Crippen LogP contribution in [0.1, 0.15) is 12.0 Å². The van der Waals surface area contributed by atoms with Crippen molar-refractivity contribution in [3.8, 4) is 5.75 Å².